The molecule has 1 fully saturated rings. The highest BCUT2D eigenvalue weighted by Gasteiger charge is 2.47. The van der Waals surface area contributed by atoms with Gasteiger partial charge in [-0.05, 0) is 25.1 Å². The largest absolute Gasteiger partial charge is 0.463 e. The Hall–Kier alpha value is -0.883. The van der Waals surface area contributed by atoms with Crippen LogP contribution >= 0.6 is 0 Å². The number of cyclic esters (lactones) is 1. The van der Waals surface area contributed by atoms with Gasteiger partial charge in [-0.25, -0.2) is 0 Å². The summed E-state index contributed by atoms with van der Waals surface area (Å²) in [5, 5.41) is 10.2. The molecule has 0 saturated carbocycles. The zero-order valence-corrected chi connectivity index (χ0v) is 15.1. The molecule has 0 aliphatic carbocycles. The van der Waals surface area contributed by atoms with E-state index in [2.05, 4.69) is 38.4 Å². The Bertz CT molecular complexity index is 399. The summed E-state index contributed by atoms with van der Waals surface area (Å²) in [5.74, 6) is -0.530. The Labute approximate surface area is 128 Å². The van der Waals surface area contributed by atoms with Crippen LogP contribution in [0.2, 0.25) is 18.1 Å². The first-order valence-electron chi connectivity index (χ1n) is 7.50. The summed E-state index contributed by atoms with van der Waals surface area (Å²) < 4.78 is 15.6. The Kier molecular flexibility index (Phi) is 5.61. The van der Waals surface area contributed by atoms with Crippen LogP contribution in [0.25, 0.3) is 0 Å². The molecule has 1 aliphatic heterocycles. The van der Waals surface area contributed by atoms with E-state index < -0.39 is 8.32 Å². The minimum Gasteiger partial charge on any atom is -0.463 e. The Balaban J connectivity index is 2.94. The lowest BCUT2D eigenvalue weighted by molar-refractivity contribution is -1.04. The fourth-order valence-electron chi connectivity index (χ4n) is 2.29. The third-order valence-electron chi connectivity index (χ3n) is 4.87. The summed E-state index contributed by atoms with van der Waals surface area (Å²) in [5.41, 5.74) is 0. The molecule has 0 bridgehead atoms. The minimum absolute atomic E-state index is 0.0261. The SMILES string of the molecule is C[C@H]1[C@H](O[Si](C)(C)C(C)(C)C)[C@H](C)C(=O)O[C@@H]1CC=[O+][O-]. The predicted octanol–water partition coefficient (Wildman–Crippen LogP) is 1.97. The fourth-order valence-corrected chi connectivity index (χ4v) is 3.74. The smallest absolute Gasteiger partial charge is 0.322 e. The second kappa shape index (κ2) is 6.48. The number of hydrogen-bond donors (Lipinski definition) is 0. The van der Waals surface area contributed by atoms with Gasteiger partial charge in [-0.15, -0.1) is 0 Å². The summed E-state index contributed by atoms with van der Waals surface area (Å²) in [6.45, 7) is 14.7. The van der Waals surface area contributed by atoms with Crippen molar-refractivity contribution in [2.24, 2.45) is 11.8 Å². The molecule has 1 heterocycles. The van der Waals surface area contributed by atoms with Crippen molar-refractivity contribution in [3.05, 3.63) is 0 Å². The van der Waals surface area contributed by atoms with Gasteiger partial charge in [0.05, 0.1) is 18.4 Å². The van der Waals surface area contributed by atoms with Crippen molar-refractivity contribution in [2.45, 2.75) is 71.4 Å². The van der Waals surface area contributed by atoms with Gasteiger partial charge >= 0.3 is 12.3 Å². The van der Waals surface area contributed by atoms with E-state index in [0.29, 0.717) is 6.42 Å². The number of carbonyl (C=O) groups excluding carboxylic acids is 2. The molecule has 0 amide bonds. The second-order valence-corrected chi connectivity index (χ2v) is 12.2. The number of rotatable bonds is 4. The standard InChI is InChI=1S/C15H28O5Si/c1-10-12(8-9-18-17)19-14(16)11(2)13(10)20-21(6,7)15(3,4)5/h9-13H,8H2,1-7H3/t10-,11+,12-,13+/m1/s1. The van der Waals surface area contributed by atoms with Gasteiger partial charge < -0.3 is 14.4 Å². The van der Waals surface area contributed by atoms with E-state index in [4.69, 9.17) is 9.16 Å². The van der Waals surface area contributed by atoms with Crippen LogP contribution in [0.3, 0.4) is 0 Å². The van der Waals surface area contributed by atoms with Crippen molar-refractivity contribution < 1.29 is 23.8 Å². The van der Waals surface area contributed by atoms with Crippen LogP contribution in [0.5, 0.6) is 0 Å². The van der Waals surface area contributed by atoms with Gasteiger partial charge in [0.25, 0.3) is 0 Å². The van der Waals surface area contributed by atoms with E-state index in [9.17, 15) is 10.1 Å². The number of ether oxygens (including phenoxy) is 1. The maximum Gasteiger partial charge on any atom is 0.322 e. The molecule has 122 valence electrons. The first-order chi connectivity index (χ1) is 9.51. The van der Waals surface area contributed by atoms with Crippen molar-refractivity contribution in [3.8, 4) is 0 Å². The van der Waals surface area contributed by atoms with Gasteiger partial charge in [0.2, 0.25) is 0 Å². The Morgan fingerprint density at radius 3 is 2.43 bits per heavy atom. The maximum atomic E-state index is 12.0. The highest BCUT2D eigenvalue weighted by Crippen LogP contribution is 2.41. The summed E-state index contributed by atoms with van der Waals surface area (Å²) in [6.07, 6.45) is 0.878. The Morgan fingerprint density at radius 1 is 1.38 bits per heavy atom. The molecule has 1 saturated heterocycles. The van der Waals surface area contributed by atoms with Crippen LogP contribution in [0.4, 0.5) is 0 Å². The van der Waals surface area contributed by atoms with Crippen molar-refractivity contribution >= 4 is 20.6 Å². The molecule has 0 unspecified atom stereocenters. The highest BCUT2D eigenvalue weighted by atomic mass is 28.4. The van der Waals surface area contributed by atoms with Crippen LogP contribution in [-0.4, -0.2) is 32.8 Å². The highest BCUT2D eigenvalue weighted by molar-refractivity contribution is 6.74. The lowest BCUT2D eigenvalue weighted by Gasteiger charge is -2.45. The number of carbonyl (C=O) groups is 1. The van der Waals surface area contributed by atoms with E-state index >= 15 is 0 Å². The normalized spacial score (nSPS) is 31.5. The number of aldehydes is 1. The average Bonchev–Trinajstić information content (AvgIpc) is 2.36. The summed E-state index contributed by atoms with van der Waals surface area (Å²) in [6, 6.07) is 0. The molecule has 1 aliphatic rings. The van der Waals surface area contributed by atoms with Crippen molar-refractivity contribution in [1.82, 2.24) is 0 Å². The molecule has 0 radical (unpaired) electrons. The number of esters is 1. The van der Waals surface area contributed by atoms with E-state index in [1.54, 1.807) is 0 Å². The van der Waals surface area contributed by atoms with Crippen LogP contribution < -0.4 is 5.26 Å². The van der Waals surface area contributed by atoms with Gasteiger partial charge in [-0.3, -0.25) is 4.79 Å². The minimum atomic E-state index is -1.98. The zero-order chi connectivity index (χ0) is 16.4. The summed E-state index contributed by atoms with van der Waals surface area (Å²) in [7, 11) is -1.98. The molecule has 1 rings (SSSR count). The monoisotopic (exact) mass is 316 g/mol. The summed E-state index contributed by atoms with van der Waals surface area (Å²) >= 11 is 0. The van der Waals surface area contributed by atoms with Gasteiger partial charge in [0.15, 0.2) is 8.32 Å². The van der Waals surface area contributed by atoms with Gasteiger partial charge in [0.1, 0.15) is 6.10 Å². The second-order valence-electron chi connectivity index (χ2n) is 7.46. The molecule has 21 heavy (non-hydrogen) atoms. The van der Waals surface area contributed by atoms with Crippen LogP contribution in [0, 0.1) is 11.8 Å². The molecule has 0 N–H and O–H groups in total. The third-order valence-corrected chi connectivity index (χ3v) is 9.34. The molecular formula is C15H28O5Si. The van der Waals surface area contributed by atoms with Crippen molar-refractivity contribution in [2.75, 3.05) is 0 Å². The topological polar surface area (TPSA) is 69.9 Å². The molecule has 5 nitrogen and oxygen atoms in total. The van der Waals surface area contributed by atoms with Crippen LogP contribution in [0.15, 0.2) is 0 Å². The lowest BCUT2D eigenvalue weighted by Crippen LogP contribution is -2.54. The van der Waals surface area contributed by atoms with Crippen LogP contribution in [-0.2, 0) is 18.5 Å². The molecule has 0 aromatic heterocycles. The zero-order valence-electron chi connectivity index (χ0n) is 14.1. The molecule has 4 atom stereocenters. The molecular weight excluding hydrogens is 288 g/mol. The van der Waals surface area contributed by atoms with Gasteiger partial charge in [0, 0.05) is 5.92 Å². The van der Waals surface area contributed by atoms with Crippen molar-refractivity contribution in [3.63, 3.8) is 0 Å². The first-order valence-corrected chi connectivity index (χ1v) is 10.4. The molecule has 0 aromatic rings. The maximum absolute atomic E-state index is 12.0. The van der Waals surface area contributed by atoms with Crippen molar-refractivity contribution in [1.29, 1.82) is 0 Å². The van der Waals surface area contributed by atoms with Gasteiger partial charge in [-0.1, -0.05) is 27.7 Å². The van der Waals surface area contributed by atoms with E-state index in [-0.39, 0.29) is 35.1 Å². The quantitative estimate of drug-likeness (QED) is 0.199. The van der Waals surface area contributed by atoms with Crippen LogP contribution in [0.1, 0.15) is 41.0 Å². The third kappa shape index (κ3) is 4.07. The molecule has 0 spiro atoms. The summed E-state index contributed by atoms with van der Waals surface area (Å²) in [4.78, 5) is 12.0. The average molecular weight is 316 g/mol. The fraction of sp³-hybridized carbons (Fsp3) is 0.867. The van der Waals surface area contributed by atoms with E-state index in [0.717, 1.165) is 6.29 Å². The Morgan fingerprint density at radius 2 is 1.95 bits per heavy atom. The van der Waals surface area contributed by atoms with E-state index in [1.807, 2.05) is 13.8 Å². The first kappa shape index (κ1) is 18.2. The van der Waals surface area contributed by atoms with Gasteiger partial charge in [-0.2, -0.15) is 4.58 Å². The molecule has 6 heteroatoms. The predicted molar refractivity (Wildman–Crippen MR) is 81.0 cm³/mol. The number of hydrogen-bond acceptors (Lipinski definition) is 4. The molecule has 0 aromatic carbocycles. The van der Waals surface area contributed by atoms with E-state index in [1.165, 1.54) is 0 Å². The lowest BCUT2D eigenvalue weighted by atomic mass is 9.85.